The van der Waals surface area contributed by atoms with Crippen LogP contribution in [0.1, 0.15) is 36.0 Å². The molecule has 0 aromatic heterocycles. The van der Waals surface area contributed by atoms with Crippen molar-refractivity contribution >= 4 is 53.2 Å². The van der Waals surface area contributed by atoms with Gasteiger partial charge in [0.15, 0.2) is 0 Å². The van der Waals surface area contributed by atoms with E-state index in [0.717, 1.165) is 16.7 Å². The number of nitrogens with zero attached hydrogens (tertiary/aromatic N) is 1. The number of esters is 1. The van der Waals surface area contributed by atoms with Crippen molar-refractivity contribution in [1.82, 2.24) is 5.43 Å². The molecular formula is C20H22Cl3N3O3. The first kappa shape index (κ1) is 23.3. The number of ether oxygens (including phenoxy) is 1. The number of benzene rings is 2. The highest BCUT2D eigenvalue weighted by atomic mass is 35.5. The summed E-state index contributed by atoms with van der Waals surface area (Å²) in [6, 6.07) is 10.5. The fraction of sp³-hybridized carbons (Fsp3) is 0.300. The molecule has 0 saturated carbocycles. The maximum Gasteiger partial charge on any atom is 0.330 e. The largest absolute Gasteiger partial charge is 0.467 e. The van der Waals surface area contributed by atoms with E-state index in [9.17, 15) is 9.59 Å². The van der Waals surface area contributed by atoms with Crippen LogP contribution in [-0.2, 0) is 20.9 Å². The van der Waals surface area contributed by atoms with Crippen molar-refractivity contribution < 1.29 is 14.3 Å². The van der Waals surface area contributed by atoms with Crippen LogP contribution in [0, 0.1) is 0 Å². The molecule has 6 nitrogen and oxygen atoms in total. The van der Waals surface area contributed by atoms with Crippen LogP contribution in [0.3, 0.4) is 0 Å². The molecule has 2 atom stereocenters. The Morgan fingerprint density at radius 1 is 1.24 bits per heavy atom. The molecule has 29 heavy (non-hydrogen) atoms. The molecule has 0 spiro atoms. The van der Waals surface area contributed by atoms with Crippen LogP contribution in [0.2, 0.25) is 10.0 Å². The molecule has 0 bridgehead atoms. The number of fused-ring (bicyclic) bond motifs is 1. The Labute approximate surface area is 185 Å². The lowest BCUT2D eigenvalue weighted by atomic mass is 9.81. The van der Waals surface area contributed by atoms with E-state index in [2.05, 4.69) is 5.43 Å². The molecule has 1 aliphatic rings. The van der Waals surface area contributed by atoms with Crippen molar-refractivity contribution in [2.24, 2.45) is 5.73 Å². The van der Waals surface area contributed by atoms with Crippen molar-refractivity contribution in [3.63, 3.8) is 0 Å². The number of methoxy groups -OCH3 is 1. The highest BCUT2D eigenvalue weighted by molar-refractivity contribution is 6.35. The van der Waals surface area contributed by atoms with Crippen molar-refractivity contribution in [3.8, 4) is 0 Å². The number of nitrogens with one attached hydrogen (secondary N) is 1. The lowest BCUT2D eigenvalue weighted by Crippen LogP contribution is -2.55. The maximum atomic E-state index is 12.5. The molecule has 0 unspecified atom stereocenters. The van der Waals surface area contributed by atoms with Crippen LogP contribution in [-0.4, -0.2) is 25.0 Å². The minimum absolute atomic E-state index is 0. The SMILES string of the molecule is COC(=O)[C@H]1C[C@H](c2ccc(CN)cc2)c2c(Cl)cc(Cl)cc2N1NC(C)=O.Cl. The second kappa shape index (κ2) is 9.67. The van der Waals surface area contributed by atoms with E-state index < -0.39 is 12.0 Å². The molecule has 0 radical (unpaired) electrons. The van der Waals surface area contributed by atoms with Crippen molar-refractivity contribution in [2.75, 3.05) is 12.1 Å². The molecule has 3 N–H and O–H groups in total. The Morgan fingerprint density at radius 2 is 1.90 bits per heavy atom. The van der Waals surface area contributed by atoms with Gasteiger partial charge < -0.3 is 10.5 Å². The average molecular weight is 459 g/mol. The highest BCUT2D eigenvalue weighted by Gasteiger charge is 2.40. The Balaban J connectivity index is 0.00000300. The molecule has 3 rings (SSSR count). The minimum atomic E-state index is -0.727. The van der Waals surface area contributed by atoms with Gasteiger partial charge in [-0.15, -0.1) is 12.4 Å². The number of amides is 1. The van der Waals surface area contributed by atoms with Gasteiger partial charge in [0.2, 0.25) is 5.91 Å². The Kier molecular flexibility index (Phi) is 7.77. The summed E-state index contributed by atoms with van der Waals surface area (Å²) in [6.45, 7) is 1.82. The molecule has 2 aromatic rings. The summed E-state index contributed by atoms with van der Waals surface area (Å²) in [4.78, 5) is 24.3. The number of rotatable bonds is 4. The lowest BCUT2D eigenvalue weighted by Gasteiger charge is -2.41. The number of halogens is 3. The summed E-state index contributed by atoms with van der Waals surface area (Å²) in [7, 11) is 1.32. The normalized spacial score (nSPS) is 17.8. The second-order valence-corrected chi connectivity index (χ2v) is 7.47. The van der Waals surface area contributed by atoms with Gasteiger partial charge in [0.25, 0.3) is 0 Å². The lowest BCUT2D eigenvalue weighted by molar-refractivity contribution is -0.142. The van der Waals surface area contributed by atoms with E-state index in [0.29, 0.717) is 28.7 Å². The van der Waals surface area contributed by atoms with Gasteiger partial charge in [-0.05, 0) is 29.7 Å². The smallest absolute Gasteiger partial charge is 0.330 e. The van der Waals surface area contributed by atoms with E-state index in [1.165, 1.54) is 19.0 Å². The van der Waals surface area contributed by atoms with Crippen LogP contribution in [0.5, 0.6) is 0 Å². The van der Waals surface area contributed by atoms with Crippen molar-refractivity contribution in [3.05, 3.63) is 63.1 Å². The van der Waals surface area contributed by atoms with Gasteiger partial charge in [-0.3, -0.25) is 15.2 Å². The molecule has 1 amide bonds. The first-order valence-electron chi connectivity index (χ1n) is 8.77. The zero-order valence-corrected chi connectivity index (χ0v) is 18.3. The van der Waals surface area contributed by atoms with Gasteiger partial charge in [0.1, 0.15) is 6.04 Å². The van der Waals surface area contributed by atoms with Crippen LogP contribution >= 0.6 is 35.6 Å². The van der Waals surface area contributed by atoms with Gasteiger partial charge in [0, 0.05) is 35.0 Å². The highest BCUT2D eigenvalue weighted by Crippen LogP contribution is 2.46. The van der Waals surface area contributed by atoms with Gasteiger partial charge in [-0.2, -0.15) is 0 Å². The van der Waals surface area contributed by atoms with E-state index in [1.54, 1.807) is 12.1 Å². The number of hydrogen-bond acceptors (Lipinski definition) is 5. The first-order valence-corrected chi connectivity index (χ1v) is 9.53. The molecule has 1 heterocycles. The second-order valence-electron chi connectivity index (χ2n) is 6.63. The van der Waals surface area contributed by atoms with E-state index in [4.69, 9.17) is 33.7 Å². The monoisotopic (exact) mass is 457 g/mol. The minimum Gasteiger partial charge on any atom is -0.467 e. The van der Waals surface area contributed by atoms with Crippen LogP contribution in [0.15, 0.2) is 36.4 Å². The molecular weight excluding hydrogens is 437 g/mol. The zero-order chi connectivity index (χ0) is 20.4. The molecule has 0 saturated heterocycles. The first-order chi connectivity index (χ1) is 13.3. The summed E-state index contributed by atoms with van der Waals surface area (Å²) < 4.78 is 4.98. The zero-order valence-electron chi connectivity index (χ0n) is 15.9. The van der Waals surface area contributed by atoms with Gasteiger partial charge in [-0.1, -0.05) is 47.5 Å². The molecule has 0 aliphatic carbocycles. The predicted molar refractivity (Wildman–Crippen MR) is 117 cm³/mol. The number of anilines is 1. The van der Waals surface area contributed by atoms with Crippen LogP contribution in [0.25, 0.3) is 0 Å². The molecule has 0 fully saturated rings. The van der Waals surface area contributed by atoms with E-state index in [1.807, 2.05) is 24.3 Å². The molecule has 9 heteroatoms. The quantitative estimate of drug-likeness (QED) is 0.681. The van der Waals surface area contributed by atoms with E-state index >= 15 is 0 Å². The van der Waals surface area contributed by atoms with Gasteiger partial charge in [-0.25, -0.2) is 4.79 Å². The number of nitrogens with two attached hydrogens (primary N) is 1. The molecule has 2 aromatic carbocycles. The Morgan fingerprint density at radius 3 is 2.45 bits per heavy atom. The summed E-state index contributed by atoms with van der Waals surface area (Å²) in [5.74, 6) is -0.957. The number of carbonyl (C=O) groups is 2. The topological polar surface area (TPSA) is 84.7 Å². The third kappa shape index (κ3) is 4.78. The number of hydrazine groups is 1. The summed E-state index contributed by atoms with van der Waals surface area (Å²) in [6.07, 6.45) is 0.378. The molecule has 1 aliphatic heterocycles. The third-order valence-electron chi connectivity index (χ3n) is 4.82. The summed E-state index contributed by atoms with van der Waals surface area (Å²) in [5.41, 5.74) is 11.8. The van der Waals surface area contributed by atoms with Crippen molar-refractivity contribution in [1.29, 1.82) is 0 Å². The Hall–Kier alpha value is -1.99. The van der Waals surface area contributed by atoms with Crippen molar-refractivity contribution in [2.45, 2.75) is 31.8 Å². The maximum absolute atomic E-state index is 12.5. The number of hydrogen-bond donors (Lipinski definition) is 2. The predicted octanol–water partition coefficient (Wildman–Crippen LogP) is 3.81. The summed E-state index contributed by atoms with van der Waals surface area (Å²) >= 11 is 12.8. The van der Waals surface area contributed by atoms with E-state index in [-0.39, 0.29) is 24.2 Å². The molecule has 156 valence electrons. The van der Waals surface area contributed by atoms with Gasteiger partial charge in [0.05, 0.1) is 12.8 Å². The standard InChI is InChI=1S/C20H21Cl2N3O3.ClH/c1-11(26)24-25-17-8-14(21)7-16(22)19(17)15(9-18(25)20(27)28-2)13-5-3-12(10-23)4-6-13;/h3-8,15,18H,9-10,23H2,1-2H3,(H,24,26);1H/t15-,18-;/m1./s1. The Bertz CT molecular complexity index is 906. The summed E-state index contributed by atoms with van der Waals surface area (Å²) in [5, 5.41) is 2.36. The van der Waals surface area contributed by atoms with Crippen LogP contribution in [0.4, 0.5) is 5.69 Å². The fourth-order valence-electron chi connectivity index (χ4n) is 3.56. The fourth-order valence-corrected chi connectivity index (χ4v) is 4.18. The third-order valence-corrected chi connectivity index (χ3v) is 5.35. The van der Waals surface area contributed by atoms with Crippen LogP contribution < -0.4 is 16.2 Å². The number of carbonyl (C=O) groups excluding carboxylic acids is 2. The van der Waals surface area contributed by atoms with Gasteiger partial charge >= 0.3 is 5.97 Å². The average Bonchev–Trinajstić information content (AvgIpc) is 2.67.